The molecule has 4 rings (SSSR count). The van der Waals surface area contributed by atoms with Crippen LogP contribution in [0.2, 0.25) is 0 Å². The standard InChI is InChI=1S/C78H124N4O16S2/c1-27-78(25,26)73(92)93-31-33-99-48(12)67(85)82-66-62(72(91)98-64-52(76(19,20)21)36-47(11)37-53(64)77(22,23)24)60(43(4)5)55(80-66)38-54-59(42(2)3)61(71(90)97-63-50(74(13,14)15)34-46(10)35-51(63)75(16,17)18)65(79-54)81-57(83)30-28-29-32-100-56(68(86)87)39-58(84)94-40-49(96-70(89)45(8)9)41-95-69(88)44(6)7/h38,42-43,46-53,56,60,62-64,79H,6,8,27-37,39-41H2,1-5,7,9-26H3,(H,81,83)(H,86,87)(H,80,82,85). The fraction of sp³-hybridized carbons (Fsp3) is 0.744. The van der Waals surface area contributed by atoms with Crippen LogP contribution in [0.5, 0.6) is 0 Å². The van der Waals surface area contributed by atoms with E-state index >= 15 is 9.59 Å². The van der Waals surface area contributed by atoms with Crippen LogP contribution in [0.15, 0.2) is 35.0 Å². The molecule has 564 valence electrons. The summed E-state index contributed by atoms with van der Waals surface area (Å²) in [6, 6.07) is 0. The van der Waals surface area contributed by atoms with E-state index in [2.05, 4.69) is 126 Å². The van der Waals surface area contributed by atoms with Gasteiger partial charge in [0.1, 0.15) is 60.4 Å². The molecular formula is C78H124N4O16S2. The zero-order valence-electron chi connectivity index (χ0n) is 64.9. The van der Waals surface area contributed by atoms with E-state index in [4.69, 9.17) is 33.4 Å². The minimum atomic E-state index is -1.27. The number of aromatic amines is 1. The monoisotopic (exact) mass is 1440 g/mol. The van der Waals surface area contributed by atoms with Crippen LogP contribution in [-0.2, 0) is 66.8 Å². The molecule has 20 nitrogen and oxygen atoms in total. The average Bonchev–Trinajstić information content (AvgIpc) is 1.38. The molecule has 0 bridgehead atoms. The van der Waals surface area contributed by atoms with Crippen molar-refractivity contribution in [3.63, 3.8) is 0 Å². The van der Waals surface area contributed by atoms with Crippen molar-refractivity contribution in [3.8, 4) is 0 Å². The lowest BCUT2D eigenvalue weighted by molar-refractivity contribution is -0.173. The fourth-order valence-corrected chi connectivity index (χ4v) is 15.6. The minimum absolute atomic E-state index is 0.0124. The normalized spacial score (nSPS) is 23.5. The number of rotatable bonds is 31. The number of carbonyl (C=O) groups is 9. The molecule has 2 amide bonds. The second-order valence-corrected chi connectivity index (χ2v) is 36.9. The number of hydrogen-bond acceptors (Lipinski definition) is 18. The third-order valence-corrected chi connectivity index (χ3v) is 22.5. The first-order valence-electron chi connectivity index (χ1n) is 36.1. The van der Waals surface area contributed by atoms with Crippen molar-refractivity contribution >= 4 is 94.9 Å². The largest absolute Gasteiger partial charge is 0.480 e. The number of amides is 2. The van der Waals surface area contributed by atoms with Gasteiger partial charge in [0.25, 0.3) is 0 Å². The highest BCUT2D eigenvalue weighted by Crippen LogP contribution is 2.53. The van der Waals surface area contributed by atoms with Crippen molar-refractivity contribution in [1.29, 1.82) is 0 Å². The quantitative estimate of drug-likeness (QED) is 0.0233. The summed E-state index contributed by atoms with van der Waals surface area (Å²) < 4.78 is 35.2. The number of carbonyl (C=O) groups excluding carboxylic acids is 8. The third-order valence-electron chi connectivity index (χ3n) is 20.1. The number of anilines is 1. The maximum Gasteiger partial charge on any atom is 0.342 e. The summed E-state index contributed by atoms with van der Waals surface area (Å²) in [7, 11) is 0. The number of aromatic nitrogens is 1. The van der Waals surface area contributed by atoms with Gasteiger partial charge in [0.2, 0.25) is 11.8 Å². The van der Waals surface area contributed by atoms with Crippen LogP contribution in [0.3, 0.4) is 0 Å². The Kier molecular flexibility index (Phi) is 31.6. The maximum absolute atomic E-state index is 15.7. The summed E-state index contributed by atoms with van der Waals surface area (Å²) in [5.41, 5.74) is 0.125. The molecule has 100 heavy (non-hydrogen) atoms. The summed E-state index contributed by atoms with van der Waals surface area (Å²) in [6.45, 7) is 55.0. The smallest absolute Gasteiger partial charge is 0.342 e. The van der Waals surface area contributed by atoms with Gasteiger partial charge in [-0.1, -0.05) is 145 Å². The number of H-pyrrole nitrogens is 1. The Morgan fingerprint density at radius 1 is 0.680 bits per heavy atom. The lowest BCUT2D eigenvalue weighted by atomic mass is 9.59. The summed E-state index contributed by atoms with van der Waals surface area (Å²) in [4.78, 5) is 132. The molecule has 2 saturated carbocycles. The number of aliphatic imine (C=N–C) groups is 1. The number of thioether (sulfide) groups is 2. The van der Waals surface area contributed by atoms with E-state index < -0.39 is 113 Å². The van der Waals surface area contributed by atoms with Crippen molar-refractivity contribution in [2.75, 3.05) is 36.6 Å². The minimum Gasteiger partial charge on any atom is -0.480 e. The lowest BCUT2D eigenvalue weighted by Crippen LogP contribution is -2.51. The fourth-order valence-electron chi connectivity index (χ4n) is 13.8. The van der Waals surface area contributed by atoms with E-state index in [-0.39, 0.29) is 117 Å². The molecule has 0 radical (unpaired) electrons. The second-order valence-electron chi connectivity index (χ2n) is 34.1. The Morgan fingerprint density at radius 3 is 1.66 bits per heavy atom. The summed E-state index contributed by atoms with van der Waals surface area (Å²) >= 11 is 2.31. The number of nitrogens with zero attached hydrogens (tertiary/aromatic N) is 1. The van der Waals surface area contributed by atoms with Crippen LogP contribution >= 0.6 is 23.5 Å². The molecule has 0 saturated heterocycles. The highest BCUT2D eigenvalue weighted by atomic mass is 32.2. The van der Waals surface area contributed by atoms with Gasteiger partial charge in [-0.15, -0.1) is 23.5 Å². The average molecular weight is 1440 g/mol. The summed E-state index contributed by atoms with van der Waals surface area (Å²) in [5.74, 6) is -6.76. The number of hydrogen-bond donors (Lipinski definition) is 4. The molecule has 9 atom stereocenters. The Balaban J connectivity index is 1.81. The second kappa shape index (κ2) is 36.5. The van der Waals surface area contributed by atoms with E-state index in [0.717, 1.165) is 37.4 Å². The van der Waals surface area contributed by atoms with Crippen molar-refractivity contribution in [1.82, 2.24) is 10.3 Å². The topological polar surface area (TPSA) is 281 Å². The van der Waals surface area contributed by atoms with Gasteiger partial charge < -0.3 is 49.1 Å². The SMILES string of the molecule is C=C(C)C(=O)OCC(COC(=O)CC(SCCCCC(=O)Nc1[nH]c(C=C2N=C(NC(=O)C(C)SCCOC(=O)C(C)(C)CC)C(C(=O)OC3C(C(C)(C)C)CC(C)CC3C(C)(C)C)C2C(C)C)c(C(C)C)c1C(=O)OC1C(C(C)(C)C)CC(C)CC1C(C)(C)C)C(=O)O)OC(=O)C(=C)C. The Morgan fingerprint density at radius 2 is 1.19 bits per heavy atom. The van der Waals surface area contributed by atoms with E-state index in [9.17, 15) is 38.7 Å². The summed E-state index contributed by atoms with van der Waals surface area (Å²) in [6.07, 6.45) is 3.75. The number of ether oxygens (including phenoxy) is 6. The van der Waals surface area contributed by atoms with Gasteiger partial charge in [-0.05, 0) is 142 Å². The van der Waals surface area contributed by atoms with Gasteiger partial charge >= 0.3 is 41.8 Å². The molecule has 2 heterocycles. The van der Waals surface area contributed by atoms with Gasteiger partial charge in [0.05, 0.1) is 17.1 Å². The van der Waals surface area contributed by atoms with Crippen molar-refractivity contribution in [3.05, 3.63) is 46.8 Å². The Bertz CT molecular complexity index is 3100. The van der Waals surface area contributed by atoms with Crippen molar-refractivity contribution in [2.45, 2.75) is 259 Å². The molecule has 2 fully saturated rings. The van der Waals surface area contributed by atoms with Crippen molar-refractivity contribution < 1.29 is 76.7 Å². The third kappa shape index (κ3) is 24.6. The van der Waals surface area contributed by atoms with Gasteiger partial charge in [-0.25, -0.2) is 19.4 Å². The van der Waals surface area contributed by atoms with Crippen LogP contribution in [0.25, 0.3) is 6.08 Å². The molecule has 4 N–H and O–H groups in total. The Labute approximate surface area is 606 Å². The predicted octanol–water partition coefficient (Wildman–Crippen LogP) is 15.8. The van der Waals surface area contributed by atoms with E-state index in [1.165, 1.54) is 25.6 Å². The van der Waals surface area contributed by atoms with Crippen LogP contribution in [0.4, 0.5) is 5.82 Å². The van der Waals surface area contributed by atoms with Crippen LogP contribution < -0.4 is 10.6 Å². The highest BCUT2D eigenvalue weighted by Gasteiger charge is 2.53. The van der Waals surface area contributed by atoms with Gasteiger partial charge in [0.15, 0.2) is 6.10 Å². The van der Waals surface area contributed by atoms with E-state index in [1.54, 1.807) is 6.92 Å². The first-order valence-corrected chi connectivity index (χ1v) is 38.2. The number of allylic oxidation sites excluding steroid dienone is 1. The molecule has 0 spiro atoms. The number of carboxylic acids is 1. The van der Waals surface area contributed by atoms with Gasteiger partial charge in [-0.2, -0.15) is 0 Å². The predicted molar refractivity (Wildman–Crippen MR) is 397 cm³/mol. The van der Waals surface area contributed by atoms with Gasteiger partial charge in [-0.3, -0.25) is 28.8 Å². The maximum atomic E-state index is 15.7. The Hall–Kier alpha value is -5.90. The molecule has 1 aromatic heterocycles. The molecule has 1 aliphatic heterocycles. The number of unbranched alkanes of at least 4 members (excludes halogenated alkanes) is 1. The van der Waals surface area contributed by atoms with Crippen LogP contribution in [0, 0.1) is 80.3 Å². The molecular weight excluding hydrogens is 1310 g/mol. The summed E-state index contributed by atoms with van der Waals surface area (Å²) in [5, 5.41) is 14.4. The molecule has 0 aromatic carbocycles. The zero-order valence-corrected chi connectivity index (χ0v) is 66.5. The van der Waals surface area contributed by atoms with Crippen molar-refractivity contribution in [2.24, 2.45) is 85.3 Å². The first-order chi connectivity index (χ1) is 46.0. The number of aliphatic carboxylic acids is 1. The lowest BCUT2D eigenvalue weighted by Gasteiger charge is -2.50. The molecule has 22 heteroatoms. The van der Waals surface area contributed by atoms with Crippen LogP contribution in [0.1, 0.15) is 251 Å². The molecule has 3 aliphatic rings. The molecule has 1 aromatic rings. The van der Waals surface area contributed by atoms with Crippen LogP contribution in [-0.4, -0.2) is 130 Å². The molecule has 9 unspecified atom stereocenters. The zero-order chi connectivity index (χ0) is 76.1. The van der Waals surface area contributed by atoms with E-state index in [0.29, 0.717) is 47.4 Å². The molecule has 2 aliphatic carbocycles. The number of nitrogens with one attached hydrogen (secondary N) is 3. The highest BCUT2D eigenvalue weighted by molar-refractivity contribution is 8.00. The van der Waals surface area contributed by atoms with Gasteiger partial charge in [0, 0.05) is 64.3 Å². The first kappa shape index (κ1) is 86.5. The number of amidine groups is 1. The number of esters is 6. The number of carboxylic acid groups (broad SMARTS) is 1. The van der Waals surface area contributed by atoms with E-state index in [1.807, 2.05) is 54.5 Å².